The maximum absolute atomic E-state index is 13.8. The standard InChI is InChI=1S/C31H23ClF3N3O/c32-28-25(18-21-9-5-13-26-24(21)12-6-14-36-26)27(22-10-4-11-23(17-22)31(33,34)35)29-37(15-16-38(29)30(28)39)19-20-7-2-1-3-8-20/h1-14,17H,15-16,18-19H2. The summed E-state index contributed by atoms with van der Waals surface area (Å²) in [6.45, 7) is 1.44. The van der Waals surface area contributed by atoms with Crippen molar-refractivity contribution in [3.05, 3.63) is 129 Å². The van der Waals surface area contributed by atoms with Crippen molar-refractivity contribution in [3.8, 4) is 11.1 Å². The Morgan fingerprint density at radius 1 is 0.897 bits per heavy atom. The zero-order chi connectivity index (χ0) is 27.1. The van der Waals surface area contributed by atoms with Crippen molar-refractivity contribution in [1.29, 1.82) is 0 Å². The van der Waals surface area contributed by atoms with E-state index in [-0.39, 0.29) is 17.0 Å². The van der Waals surface area contributed by atoms with Gasteiger partial charge in [0.2, 0.25) is 0 Å². The maximum Gasteiger partial charge on any atom is 0.416 e. The number of rotatable bonds is 5. The topological polar surface area (TPSA) is 38.1 Å². The third-order valence-electron chi connectivity index (χ3n) is 7.17. The maximum atomic E-state index is 13.8. The summed E-state index contributed by atoms with van der Waals surface area (Å²) in [5.74, 6) is 0.584. The molecule has 3 heterocycles. The van der Waals surface area contributed by atoms with Gasteiger partial charge >= 0.3 is 6.18 Å². The minimum atomic E-state index is -4.51. The smallest absolute Gasteiger partial charge is 0.351 e. The normalized spacial score (nSPS) is 13.2. The van der Waals surface area contributed by atoms with Crippen molar-refractivity contribution >= 4 is 28.3 Å². The number of hydrogen-bond acceptors (Lipinski definition) is 3. The van der Waals surface area contributed by atoms with E-state index < -0.39 is 11.7 Å². The van der Waals surface area contributed by atoms with Gasteiger partial charge in [-0.25, -0.2) is 0 Å². The lowest BCUT2D eigenvalue weighted by Gasteiger charge is -2.25. The molecule has 4 nitrogen and oxygen atoms in total. The van der Waals surface area contributed by atoms with Crippen LogP contribution in [0.1, 0.15) is 22.3 Å². The zero-order valence-electron chi connectivity index (χ0n) is 20.8. The zero-order valence-corrected chi connectivity index (χ0v) is 21.5. The molecule has 0 N–H and O–H groups in total. The van der Waals surface area contributed by atoms with Crippen LogP contribution in [0.2, 0.25) is 5.02 Å². The van der Waals surface area contributed by atoms with Crippen molar-refractivity contribution in [3.63, 3.8) is 0 Å². The summed E-state index contributed by atoms with van der Waals surface area (Å²) in [6.07, 6.45) is -2.55. The van der Waals surface area contributed by atoms with Gasteiger partial charge < -0.3 is 4.90 Å². The third kappa shape index (κ3) is 4.68. The van der Waals surface area contributed by atoms with Gasteiger partial charge in [-0.05, 0) is 46.5 Å². The van der Waals surface area contributed by atoms with E-state index >= 15 is 0 Å². The number of nitrogens with zero attached hydrogens (tertiary/aromatic N) is 3. The Balaban J connectivity index is 1.60. The summed E-state index contributed by atoms with van der Waals surface area (Å²) in [6, 6.07) is 24.5. The molecule has 0 unspecified atom stereocenters. The van der Waals surface area contributed by atoms with Gasteiger partial charge in [0.05, 0.1) is 11.1 Å². The first-order valence-corrected chi connectivity index (χ1v) is 12.9. The molecule has 0 spiro atoms. The van der Waals surface area contributed by atoms with Gasteiger partial charge in [0, 0.05) is 43.2 Å². The first kappa shape index (κ1) is 25.2. The van der Waals surface area contributed by atoms with Crippen LogP contribution in [0.4, 0.5) is 19.0 Å². The van der Waals surface area contributed by atoms with E-state index in [1.807, 2.05) is 60.7 Å². The molecule has 8 heteroatoms. The molecule has 0 radical (unpaired) electrons. The lowest BCUT2D eigenvalue weighted by atomic mass is 9.92. The minimum Gasteiger partial charge on any atom is -0.351 e. The van der Waals surface area contributed by atoms with Gasteiger partial charge in [-0.2, -0.15) is 13.2 Å². The van der Waals surface area contributed by atoms with Crippen LogP contribution in [0.3, 0.4) is 0 Å². The second kappa shape index (κ2) is 9.89. The van der Waals surface area contributed by atoms with Gasteiger partial charge in [-0.15, -0.1) is 0 Å². The minimum absolute atomic E-state index is 0.0219. The van der Waals surface area contributed by atoms with Gasteiger partial charge in [-0.3, -0.25) is 14.3 Å². The van der Waals surface area contributed by atoms with Gasteiger partial charge in [0.15, 0.2) is 0 Å². The molecule has 0 bridgehead atoms. The summed E-state index contributed by atoms with van der Waals surface area (Å²) in [5, 5.41) is 0.918. The first-order valence-electron chi connectivity index (χ1n) is 12.6. The highest BCUT2D eigenvalue weighted by molar-refractivity contribution is 6.31. The van der Waals surface area contributed by atoms with Crippen LogP contribution in [0.5, 0.6) is 0 Å². The van der Waals surface area contributed by atoms with E-state index in [9.17, 15) is 18.0 Å². The average Bonchev–Trinajstić information content (AvgIpc) is 3.35. The Kier molecular flexibility index (Phi) is 6.39. The molecule has 5 aromatic rings. The average molecular weight is 546 g/mol. The number of pyridine rings is 2. The number of hydrogen-bond donors (Lipinski definition) is 0. The van der Waals surface area contributed by atoms with Gasteiger partial charge in [0.25, 0.3) is 5.56 Å². The van der Waals surface area contributed by atoms with Crippen molar-refractivity contribution in [2.75, 3.05) is 11.4 Å². The van der Waals surface area contributed by atoms with Gasteiger partial charge in [-0.1, -0.05) is 72.3 Å². The predicted molar refractivity (Wildman–Crippen MR) is 148 cm³/mol. The lowest BCUT2D eigenvalue weighted by Crippen LogP contribution is -2.24. The molecule has 0 saturated heterocycles. The molecule has 0 fully saturated rings. The Morgan fingerprint density at radius 3 is 2.49 bits per heavy atom. The highest BCUT2D eigenvalue weighted by Crippen LogP contribution is 2.42. The molecule has 196 valence electrons. The monoisotopic (exact) mass is 545 g/mol. The molecular formula is C31H23ClF3N3O. The molecule has 0 amide bonds. The number of anilines is 1. The van der Waals surface area contributed by atoms with Crippen LogP contribution in [-0.4, -0.2) is 16.1 Å². The van der Waals surface area contributed by atoms with Crippen LogP contribution < -0.4 is 10.5 Å². The fraction of sp³-hybridized carbons (Fsp3) is 0.161. The number of benzene rings is 3. The summed E-state index contributed by atoms with van der Waals surface area (Å²) >= 11 is 6.78. The summed E-state index contributed by atoms with van der Waals surface area (Å²) in [4.78, 5) is 20.0. The van der Waals surface area contributed by atoms with Crippen LogP contribution in [0, 0.1) is 0 Å². The third-order valence-corrected chi connectivity index (χ3v) is 7.56. The molecule has 0 saturated carbocycles. The molecule has 1 aliphatic rings. The second-order valence-corrected chi connectivity index (χ2v) is 9.98. The second-order valence-electron chi connectivity index (χ2n) is 9.60. The van der Waals surface area contributed by atoms with Crippen LogP contribution >= 0.6 is 11.6 Å². The predicted octanol–water partition coefficient (Wildman–Crippen LogP) is 7.35. The fourth-order valence-electron chi connectivity index (χ4n) is 5.38. The van der Waals surface area contributed by atoms with Crippen LogP contribution in [0.15, 0.2) is 95.9 Å². The van der Waals surface area contributed by atoms with E-state index in [1.165, 1.54) is 6.07 Å². The van der Waals surface area contributed by atoms with E-state index in [1.54, 1.807) is 16.8 Å². The van der Waals surface area contributed by atoms with E-state index in [2.05, 4.69) is 9.88 Å². The number of halogens is 4. The first-order chi connectivity index (χ1) is 18.8. The van der Waals surface area contributed by atoms with Gasteiger partial charge in [0.1, 0.15) is 10.8 Å². The quantitative estimate of drug-likeness (QED) is 0.232. The lowest BCUT2D eigenvalue weighted by molar-refractivity contribution is -0.137. The molecule has 0 atom stereocenters. The van der Waals surface area contributed by atoms with Crippen molar-refractivity contribution < 1.29 is 13.2 Å². The molecular weight excluding hydrogens is 523 g/mol. The SMILES string of the molecule is O=c1c(Cl)c(Cc2cccc3ncccc23)c(-c2cccc(C(F)(F)F)c2)c2n1CCN2Cc1ccccc1. The van der Waals surface area contributed by atoms with Crippen LogP contribution in [0.25, 0.3) is 22.0 Å². The van der Waals surface area contributed by atoms with Crippen LogP contribution in [-0.2, 0) is 25.7 Å². The fourth-order valence-corrected chi connectivity index (χ4v) is 5.64. The Morgan fingerprint density at radius 2 is 1.69 bits per heavy atom. The molecule has 6 rings (SSSR count). The Labute approximate surface area is 227 Å². The van der Waals surface area contributed by atoms with Crippen molar-refractivity contribution in [2.24, 2.45) is 0 Å². The van der Waals surface area contributed by atoms with Crippen molar-refractivity contribution in [1.82, 2.24) is 9.55 Å². The number of alkyl halides is 3. The number of fused-ring (bicyclic) bond motifs is 2. The summed E-state index contributed by atoms with van der Waals surface area (Å²) in [7, 11) is 0. The summed E-state index contributed by atoms with van der Waals surface area (Å²) in [5.41, 5.74) is 3.01. The molecule has 1 aliphatic heterocycles. The van der Waals surface area contributed by atoms with E-state index in [0.717, 1.165) is 34.2 Å². The van der Waals surface area contributed by atoms with Crippen molar-refractivity contribution in [2.45, 2.75) is 25.7 Å². The van der Waals surface area contributed by atoms with E-state index in [0.29, 0.717) is 42.1 Å². The molecule has 2 aromatic heterocycles. The Bertz CT molecular complexity index is 1740. The van der Waals surface area contributed by atoms with E-state index in [4.69, 9.17) is 11.6 Å². The highest BCUT2D eigenvalue weighted by Gasteiger charge is 2.33. The largest absolute Gasteiger partial charge is 0.416 e. The molecule has 0 aliphatic carbocycles. The number of aromatic nitrogens is 2. The Hall–Kier alpha value is -4.10. The molecule has 39 heavy (non-hydrogen) atoms. The highest BCUT2D eigenvalue weighted by atomic mass is 35.5. The summed E-state index contributed by atoms with van der Waals surface area (Å²) < 4.78 is 43.0. The molecule has 3 aromatic carbocycles.